The number of carbonyl (C=O) groups is 1. The summed E-state index contributed by atoms with van der Waals surface area (Å²) in [5.74, 6) is 1.58. The standard InChI is InChI=1S/C21H27NO3/c1-20(2)14-7-8-21(20,3)18(10-14)22-19(23)9-13-12-25-17-11-15(24-4)5-6-16(13)17/h5-6,11-12,14,18H,7-10H2,1-4H3,(H,22,23)/t14-,18-,21+/m1/s1. The highest BCUT2D eigenvalue weighted by Crippen LogP contribution is 2.65. The number of fused-ring (bicyclic) bond motifs is 3. The van der Waals surface area contributed by atoms with Crippen LogP contribution < -0.4 is 10.1 Å². The minimum Gasteiger partial charge on any atom is -0.497 e. The molecular formula is C21H27NO3. The molecule has 4 rings (SSSR count). The molecule has 2 bridgehead atoms. The Balaban J connectivity index is 1.49. The van der Waals surface area contributed by atoms with Crippen molar-refractivity contribution in [1.29, 1.82) is 0 Å². The maximum absolute atomic E-state index is 12.7. The monoisotopic (exact) mass is 341 g/mol. The number of furan rings is 1. The second kappa shape index (κ2) is 5.52. The van der Waals surface area contributed by atoms with Crippen LogP contribution in [0.3, 0.4) is 0 Å². The zero-order chi connectivity index (χ0) is 17.8. The molecule has 2 aromatic rings. The smallest absolute Gasteiger partial charge is 0.224 e. The second-order valence-corrected chi connectivity index (χ2v) is 8.53. The van der Waals surface area contributed by atoms with E-state index in [0.717, 1.165) is 34.6 Å². The molecule has 2 fully saturated rings. The Labute approximate surface area is 148 Å². The fraction of sp³-hybridized carbons (Fsp3) is 0.571. The predicted octanol–water partition coefficient (Wildman–Crippen LogP) is 4.31. The molecule has 1 heterocycles. The lowest BCUT2D eigenvalue weighted by Crippen LogP contribution is -2.47. The maximum Gasteiger partial charge on any atom is 0.224 e. The average Bonchev–Trinajstić information content (AvgIpc) is 3.13. The second-order valence-electron chi connectivity index (χ2n) is 8.53. The average molecular weight is 341 g/mol. The predicted molar refractivity (Wildman–Crippen MR) is 97.6 cm³/mol. The van der Waals surface area contributed by atoms with Crippen molar-refractivity contribution in [3.63, 3.8) is 0 Å². The summed E-state index contributed by atoms with van der Waals surface area (Å²) >= 11 is 0. The van der Waals surface area contributed by atoms with Crippen molar-refractivity contribution < 1.29 is 13.9 Å². The first-order valence-electron chi connectivity index (χ1n) is 9.18. The fourth-order valence-electron chi connectivity index (χ4n) is 5.17. The van der Waals surface area contributed by atoms with Crippen molar-refractivity contribution in [1.82, 2.24) is 5.32 Å². The topological polar surface area (TPSA) is 51.5 Å². The molecule has 1 aromatic carbocycles. The van der Waals surface area contributed by atoms with Gasteiger partial charge in [0.25, 0.3) is 0 Å². The molecule has 0 aliphatic heterocycles. The van der Waals surface area contributed by atoms with Gasteiger partial charge in [-0.25, -0.2) is 0 Å². The van der Waals surface area contributed by atoms with Gasteiger partial charge in [-0.2, -0.15) is 0 Å². The maximum atomic E-state index is 12.7. The molecule has 2 aliphatic carbocycles. The number of ether oxygens (including phenoxy) is 1. The van der Waals surface area contributed by atoms with Crippen LogP contribution in [0.25, 0.3) is 11.0 Å². The van der Waals surface area contributed by atoms with Crippen LogP contribution in [0.1, 0.15) is 45.6 Å². The minimum absolute atomic E-state index is 0.0908. The Morgan fingerprint density at radius 3 is 2.80 bits per heavy atom. The van der Waals surface area contributed by atoms with Crippen LogP contribution in [-0.4, -0.2) is 19.1 Å². The third kappa shape index (κ3) is 2.37. The number of amides is 1. The van der Waals surface area contributed by atoms with Gasteiger partial charge in [-0.15, -0.1) is 0 Å². The third-order valence-corrected chi connectivity index (χ3v) is 7.34. The van der Waals surface area contributed by atoms with E-state index in [4.69, 9.17) is 9.15 Å². The highest BCUT2D eigenvalue weighted by atomic mass is 16.5. The quantitative estimate of drug-likeness (QED) is 0.901. The van der Waals surface area contributed by atoms with Crippen LogP contribution in [0.2, 0.25) is 0 Å². The molecule has 0 spiro atoms. The van der Waals surface area contributed by atoms with Gasteiger partial charge in [0.2, 0.25) is 5.91 Å². The number of hydrogen-bond donors (Lipinski definition) is 1. The van der Waals surface area contributed by atoms with Crippen LogP contribution in [0.15, 0.2) is 28.9 Å². The lowest BCUT2D eigenvalue weighted by molar-refractivity contribution is -0.122. The van der Waals surface area contributed by atoms with E-state index >= 15 is 0 Å². The van der Waals surface area contributed by atoms with Gasteiger partial charge in [0, 0.05) is 23.1 Å². The summed E-state index contributed by atoms with van der Waals surface area (Å²) in [6.07, 6.45) is 5.67. The molecule has 0 unspecified atom stereocenters. The molecule has 1 aromatic heterocycles. The van der Waals surface area contributed by atoms with Gasteiger partial charge < -0.3 is 14.5 Å². The van der Waals surface area contributed by atoms with E-state index in [-0.39, 0.29) is 17.4 Å². The first-order valence-corrected chi connectivity index (χ1v) is 9.18. The van der Waals surface area contributed by atoms with Crippen molar-refractivity contribution in [2.75, 3.05) is 7.11 Å². The number of methoxy groups -OCH3 is 1. The van der Waals surface area contributed by atoms with E-state index in [0.29, 0.717) is 11.8 Å². The van der Waals surface area contributed by atoms with Gasteiger partial charge >= 0.3 is 0 Å². The van der Waals surface area contributed by atoms with Gasteiger partial charge in [0.15, 0.2) is 0 Å². The zero-order valence-corrected chi connectivity index (χ0v) is 15.5. The molecule has 134 valence electrons. The number of rotatable bonds is 4. The number of nitrogens with one attached hydrogen (secondary N) is 1. The van der Waals surface area contributed by atoms with Crippen LogP contribution >= 0.6 is 0 Å². The minimum atomic E-state index is 0.0908. The molecule has 1 N–H and O–H groups in total. The molecule has 4 nitrogen and oxygen atoms in total. The molecule has 1 amide bonds. The van der Waals surface area contributed by atoms with E-state index in [1.807, 2.05) is 18.2 Å². The Hall–Kier alpha value is -1.97. The number of benzene rings is 1. The van der Waals surface area contributed by atoms with E-state index in [2.05, 4.69) is 26.1 Å². The van der Waals surface area contributed by atoms with Gasteiger partial charge in [0.1, 0.15) is 11.3 Å². The van der Waals surface area contributed by atoms with Crippen molar-refractivity contribution in [2.45, 2.75) is 52.5 Å². The summed E-state index contributed by atoms with van der Waals surface area (Å²) in [7, 11) is 1.63. The first-order chi connectivity index (χ1) is 11.8. The number of hydrogen-bond acceptors (Lipinski definition) is 3. The van der Waals surface area contributed by atoms with E-state index in [9.17, 15) is 4.79 Å². The molecule has 4 heteroatoms. The molecule has 2 saturated carbocycles. The highest BCUT2D eigenvalue weighted by Gasteiger charge is 2.61. The summed E-state index contributed by atoms with van der Waals surface area (Å²) in [5, 5.41) is 4.31. The van der Waals surface area contributed by atoms with Crippen molar-refractivity contribution in [3.8, 4) is 5.75 Å². The van der Waals surface area contributed by atoms with Crippen LogP contribution in [0, 0.1) is 16.7 Å². The van der Waals surface area contributed by atoms with Crippen LogP contribution in [0.4, 0.5) is 0 Å². The van der Waals surface area contributed by atoms with Gasteiger partial charge in [-0.3, -0.25) is 4.79 Å². The molecule has 25 heavy (non-hydrogen) atoms. The molecular weight excluding hydrogens is 314 g/mol. The summed E-state index contributed by atoms with van der Waals surface area (Å²) < 4.78 is 10.8. The Kier molecular flexibility index (Phi) is 3.64. The SMILES string of the molecule is COc1ccc2c(CC(=O)N[C@@H]3C[C@H]4CC[C@]3(C)C4(C)C)coc2c1. The first kappa shape index (κ1) is 16.5. The lowest BCUT2D eigenvalue weighted by Gasteiger charge is -2.39. The summed E-state index contributed by atoms with van der Waals surface area (Å²) in [6.45, 7) is 7.09. The zero-order valence-electron chi connectivity index (χ0n) is 15.5. The molecule has 3 atom stereocenters. The van der Waals surface area contributed by atoms with E-state index in [1.54, 1.807) is 13.4 Å². The Morgan fingerprint density at radius 2 is 2.16 bits per heavy atom. The third-order valence-electron chi connectivity index (χ3n) is 7.34. The van der Waals surface area contributed by atoms with Gasteiger partial charge in [0.05, 0.1) is 19.8 Å². The lowest BCUT2D eigenvalue weighted by atomic mass is 9.69. The van der Waals surface area contributed by atoms with Gasteiger partial charge in [-0.1, -0.05) is 20.8 Å². The van der Waals surface area contributed by atoms with Crippen molar-refractivity contribution >= 4 is 16.9 Å². The largest absolute Gasteiger partial charge is 0.497 e. The molecule has 0 saturated heterocycles. The normalized spacial score (nSPS) is 29.9. The Morgan fingerprint density at radius 1 is 1.36 bits per heavy atom. The van der Waals surface area contributed by atoms with Crippen LogP contribution in [0.5, 0.6) is 5.75 Å². The molecule has 0 radical (unpaired) electrons. The molecule has 2 aliphatic rings. The summed E-state index contributed by atoms with van der Waals surface area (Å²) in [5.41, 5.74) is 2.21. The van der Waals surface area contributed by atoms with E-state index in [1.165, 1.54) is 12.8 Å². The Bertz CT molecular complexity index is 822. The van der Waals surface area contributed by atoms with E-state index < -0.39 is 0 Å². The highest BCUT2D eigenvalue weighted by molar-refractivity contribution is 5.88. The van der Waals surface area contributed by atoms with Crippen LogP contribution in [-0.2, 0) is 11.2 Å². The van der Waals surface area contributed by atoms with Crippen molar-refractivity contribution in [3.05, 3.63) is 30.0 Å². The fourth-order valence-corrected chi connectivity index (χ4v) is 5.17. The number of carbonyl (C=O) groups excluding carboxylic acids is 1. The summed E-state index contributed by atoms with van der Waals surface area (Å²) in [6, 6.07) is 6.00. The van der Waals surface area contributed by atoms with Crippen molar-refractivity contribution in [2.24, 2.45) is 16.7 Å². The van der Waals surface area contributed by atoms with Gasteiger partial charge in [-0.05, 0) is 48.1 Å². The summed E-state index contributed by atoms with van der Waals surface area (Å²) in [4.78, 5) is 12.7.